The molecule has 0 radical (unpaired) electrons. The first kappa shape index (κ1) is 17.7. The van der Waals surface area contributed by atoms with E-state index in [9.17, 15) is 9.90 Å². The lowest BCUT2D eigenvalue weighted by molar-refractivity contribution is -0.121. The highest BCUT2D eigenvalue weighted by atomic mass is 16.3. The molecule has 0 aliphatic heterocycles. The van der Waals surface area contributed by atoms with Crippen molar-refractivity contribution in [3.63, 3.8) is 0 Å². The molecule has 1 aromatic rings. The molecule has 1 unspecified atom stereocenters. The van der Waals surface area contributed by atoms with Gasteiger partial charge < -0.3 is 10.4 Å². The summed E-state index contributed by atoms with van der Waals surface area (Å²) in [6.45, 7) is 10.9. The normalized spacial score (nSPS) is 13.2. The van der Waals surface area contributed by atoms with Gasteiger partial charge in [0, 0.05) is 25.3 Å². The highest BCUT2D eigenvalue weighted by Gasteiger charge is 2.18. The van der Waals surface area contributed by atoms with Gasteiger partial charge in [0.2, 0.25) is 5.91 Å². The summed E-state index contributed by atoms with van der Waals surface area (Å²) in [5.74, 6) is 0.238. The van der Waals surface area contributed by atoms with Crippen LogP contribution in [0.25, 0.3) is 0 Å². The summed E-state index contributed by atoms with van der Waals surface area (Å²) in [4.78, 5) is 12.0. The van der Waals surface area contributed by atoms with Crippen molar-refractivity contribution in [3.05, 3.63) is 17.0 Å². The van der Waals surface area contributed by atoms with Crippen molar-refractivity contribution in [2.75, 3.05) is 13.2 Å². The van der Waals surface area contributed by atoms with Gasteiger partial charge in [-0.15, -0.1) is 0 Å². The monoisotopic (exact) mass is 295 g/mol. The maximum absolute atomic E-state index is 12.0. The fourth-order valence-electron chi connectivity index (χ4n) is 2.61. The quantitative estimate of drug-likeness (QED) is 0.645. The first-order chi connectivity index (χ1) is 9.76. The molecule has 0 saturated carbocycles. The number of H-pyrrole nitrogens is 1. The number of hydrogen-bond acceptors (Lipinski definition) is 3. The Kier molecular flexibility index (Phi) is 6.40. The molecule has 5 heteroatoms. The zero-order valence-electron chi connectivity index (χ0n) is 13.9. The van der Waals surface area contributed by atoms with Crippen molar-refractivity contribution < 1.29 is 9.90 Å². The average Bonchev–Trinajstić information content (AvgIpc) is 2.74. The van der Waals surface area contributed by atoms with Gasteiger partial charge in [-0.2, -0.15) is 5.10 Å². The number of nitrogens with one attached hydrogen (secondary N) is 2. The second-order valence-corrected chi connectivity index (χ2v) is 6.73. The van der Waals surface area contributed by atoms with Crippen LogP contribution in [0.1, 0.15) is 62.9 Å². The fourth-order valence-corrected chi connectivity index (χ4v) is 2.61. The number of amides is 1. The van der Waals surface area contributed by atoms with E-state index in [0.717, 1.165) is 29.8 Å². The molecule has 0 aromatic carbocycles. The van der Waals surface area contributed by atoms with E-state index in [0.29, 0.717) is 13.0 Å². The summed E-state index contributed by atoms with van der Waals surface area (Å²) in [6.07, 6.45) is 2.27. The number of rotatable bonds is 8. The lowest BCUT2D eigenvalue weighted by Gasteiger charge is -2.21. The highest BCUT2D eigenvalue weighted by molar-refractivity contribution is 5.76. The van der Waals surface area contributed by atoms with Crippen molar-refractivity contribution in [1.29, 1.82) is 0 Å². The van der Waals surface area contributed by atoms with Gasteiger partial charge in [-0.3, -0.25) is 9.89 Å². The van der Waals surface area contributed by atoms with Gasteiger partial charge in [0.15, 0.2) is 0 Å². The molecule has 1 aromatic heterocycles. The molecule has 3 N–H and O–H groups in total. The van der Waals surface area contributed by atoms with Gasteiger partial charge in [-0.1, -0.05) is 20.8 Å². The van der Waals surface area contributed by atoms with Crippen molar-refractivity contribution in [3.8, 4) is 0 Å². The molecule has 1 amide bonds. The molecule has 0 bridgehead atoms. The number of nitrogens with zero attached hydrogens (tertiary/aromatic N) is 1. The maximum atomic E-state index is 12.0. The topological polar surface area (TPSA) is 78.0 Å². The SMILES string of the molecule is Cc1n[nH]c(C)c1C(C)CC(=O)NCCCC(C)(C)CO. The average molecular weight is 295 g/mol. The van der Waals surface area contributed by atoms with Crippen molar-refractivity contribution in [1.82, 2.24) is 15.5 Å². The van der Waals surface area contributed by atoms with Crippen LogP contribution in [-0.4, -0.2) is 34.4 Å². The highest BCUT2D eigenvalue weighted by Crippen LogP contribution is 2.24. The molecule has 0 fully saturated rings. The molecule has 1 atom stereocenters. The van der Waals surface area contributed by atoms with E-state index < -0.39 is 0 Å². The second kappa shape index (κ2) is 7.59. The van der Waals surface area contributed by atoms with Crippen molar-refractivity contribution in [2.24, 2.45) is 5.41 Å². The Morgan fingerprint density at radius 2 is 2.10 bits per heavy atom. The minimum atomic E-state index is -0.0664. The summed E-state index contributed by atoms with van der Waals surface area (Å²) in [5, 5.41) is 19.3. The van der Waals surface area contributed by atoms with E-state index in [-0.39, 0.29) is 23.8 Å². The first-order valence-corrected chi connectivity index (χ1v) is 7.66. The van der Waals surface area contributed by atoms with E-state index in [1.165, 1.54) is 0 Å². The van der Waals surface area contributed by atoms with E-state index >= 15 is 0 Å². The second-order valence-electron chi connectivity index (χ2n) is 6.73. The van der Waals surface area contributed by atoms with Crippen LogP contribution in [0.15, 0.2) is 0 Å². The number of aryl methyl sites for hydroxylation is 2. The zero-order chi connectivity index (χ0) is 16.0. The number of aromatic amines is 1. The van der Waals surface area contributed by atoms with Crippen LogP contribution in [0.2, 0.25) is 0 Å². The van der Waals surface area contributed by atoms with Crippen molar-refractivity contribution in [2.45, 2.75) is 59.8 Å². The van der Waals surface area contributed by atoms with E-state index in [1.54, 1.807) is 0 Å². The standard InChI is InChI=1S/C16H29N3O2/c1-11(15-12(2)18-19-13(15)3)9-14(21)17-8-6-7-16(4,5)10-20/h11,20H,6-10H2,1-5H3,(H,17,21)(H,18,19). The molecule has 0 aliphatic rings. The Bertz CT molecular complexity index is 447. The Hall–Kier alpha value is -1.36. The third kappa shape index (κ3) is 5.50. The summed E-state index contributed by atoms with van der Waals surface area (Å²) in [6, 6.07) is 0. The number of hydrogen-bond donors (Lipinski definition) is 3. The van der Waals surface area contributed by atoms with Crippen LogP contribution in [0.3, 0.4) is 0 Å². The van der Waals surface area contributed by atoms with Crippen LogP contribution in [-0.2, 0) is 4.79 Å². The molecule has 0 spiro atoms. The number of aliphatic hydroxyl groups is 1. The van der Waals surface area contributed by atoms with Gasteiger partial charge in [0.25, 0.3) is 0 Å². The Balaban J connectivity index is 2.34. The Morgan fingerprint density at radius 1 is 1.43 bits per heavy atom. The van der Waals surface area contributed by atoms with Crippen LogP contribution in [0.4, 0.5) is 0 Å². The molecular formula is C16H29N3O2. The van der Waals surface area contributed by atoms with Crippen molar-refractivity contribution >= 4 is 5.91 Å². The minimum Gasteiger partial charge on any atom is -0.396 e. The number of carbonyl (C=O) groups is 1. The molecule has 21 heavy (non-hydrogen) atoms. The molecule has 120 valence electrons. The molecule has 0 aliphatic carbocycles. The predicted octanol–water partition coefficient (Wildman–Crippen LogP) is 2.44. The number of aliphatic hydroxyl groups excluding tert-OH is 1. The van der Waals surface area contributed by atoms with Crippen LogP contribution < -0.4 is 5.32 Å². The Morgan fingerprint density at radius 3 is 2.62 bits per heavy atom. The lowest BCUT2D eigenvalue weighted by atomic mass is 9.89. The largest absolute Gasteiger partial charge is 0.396 e. The van der Waals surface area contributed by atoms with Crippen LogP contribution in [0, 0.1) is 19.3 Å². The van der Waals surface area contributed by atoms with E-state index in [2.05, 4.69) is 22.4 Å². The van der Waals surface area contributed by atoms with Gasteiger partial charge in [-0.25, -0.2) is 0 Å². The third-order valence-corrected chi connectivity index (χ3v) is 3.95. The third-order valence-electron chi connectivity index (χ3n) is 3.95. The van der Waals surface area contributed by atoms with Gasteiger partial charge in [-0.05, 0) is 43.6 Å². The maximum Gasteiger partial charge on any atom is 0.220 e. The van der Waals surface area contributed by atoms with Crippen LogP contribution in [0.5, 0.6) is 0 Å². The summed E-state index contributed by atoms with van der Waals surface area (Å²) in [5.41, 5.74) is 3.09. The lowest BCUT2D eigenvalue weighted by Crippen LogP contribution is -2.27. The Labute approximate surface area is 127 Å². The number of aromatic nitrogens is 2. The van der Waals surface area contributed by atoms with Gasteiger partial charge >= 0.3 is 0 Å². The molecular weight excluding hydrogens is 266 g/mol. The van der Waals surface area contributed by atoms with E-state index in [4.69, 9.17) is 0 Å². The summed E-state index contributed by atoms with van der Waals surface area (Å²) in [7, 11) is 0. The molecule has 1 rings (SSSR count). The molecule has 0 saturated heterocycles. The van der Waals surface area contributed by atoms with Crippen LogP contribution >= 0.6 is 0 Å². The molecule has 5 nitrogen and oxygen atoms in total. The molecule has 1 heterocycles. The summed E-state index contributed by atoms with van der Waals surface area (Å²) >= 11 is 0. The minimum absolute atomic E-state index is 0.0664. The van der Waals surface area contributed by atoms with Gasteiger partial charge in [0.1, 0.15) is 0 Å². The van der Waals surface area contributed by atoms with Gasteiger partial charge in [0.05, 0.1) is 5.69 Å². The fraction of sp³-hybridized carbons (Fsp3) is 0.750. The smallest absolute Gasteiger partial charge is 0.220 e. The number of carbonyl (C=O) groups excluding carboxylic acids is 1. The summed E-state index contributed by atoms with van der Waals surface area (Å²) < 4.78 is 0. The first-order valence-electron chi connectivity index (χ1n) is 7.66. The zero-order valence-corrected chi connectivity index (χ0v) is 13.9. The van der Waals surface area contributed by atoms with E-state index in [1.807, 2.05) is 27.7 Å². The predicted molar refractivity (Wildman–Crippen MR) is 84.2 cm³/mol.